The lowest BCUT2D eigenvalue weighted by Gasteiger charge is -2.26. The molecule has 0 aromatic rings. The van der Waals surface area contributed by atoms with E-state index in [1.807, 2.05) is 34.6 Å². The zero-order valence-corrected chi connectivity index (χ0v) is 21.1. The third kappa shape index (κ3) is 34.7. The molecule has 0 aliphatic heterocycles. The van der Waals surface area contributed by atoms with Crippen molar-refractivity contribution in [3.05, 3.63) is 0 Å². The second-order valence-corrected chi connectivity index (χ2v) is 9.23. The molecule has 2 nitrogen and oxygen atoms in total. The summed E-state index contributed by atoms with van der Waals surface area (Å²) in [6, 6.07) is 0. The highest BCUT2D eigenvalue weighted by molar-refractivity contribution is 5.76. The highest BCUT2D eigenvalue weighted by Gasteiger charge is 2.18. The van der Waals surface area contributed by atoms with Crippen LogP contribution >= 0.6 is 0 Å². The summed E-state index contributed by atoms with van der Waals surface area (Å²) in [5.74, 6) is 1.75. The molecule has 0 fully saturated rings. The Kier molecular flexibility index (Phi) is 24.5. The van der Waals surface area contributed by atoms with E-state index < -0.39 is 0 Å². The lowest BCUT2D eigenvalue weighted by atomic mass is 9.86. The van der Waals surface area contributed by atoms with Crippen molar-refractivity contribution in [2.75, 3.05) is 0 Å². The van der Waals surface area contributed by atoms with E-state index in [1.165, 1.54) is 19.3 Å². The summed E-state index contributed by atoms with van der Waals surface area (Å²) in [4.78, 5) is 11.2. The van der Waals surface area contributed by atoms with E-state index in [4.69, 9.17) is 0 Å². The smallest absolute Gasteiger partial charge is 0.220 e. The maximum absolute atomic E-state index is 11.2. The van der Waals surface area contributed by atoms with Crippen LogP contribution < -0.4 is 5.32 Å². The van der Waals surface area contributed by atoms with Crippen LogP contribution in [0.5, 0.6) is 0 Å². The van der Waals surface area contributed by atoms with Crippen molar-refractivity contribution in [3.8, 4) is 0 Å². The van der Waals surface area contributed by atoms with Crippen LogP contribution in [0, 0.1) is 17.3 Å². The number of nitrogens with one attached hydrogen (secondary N) is 1. The van der Waals surface area contributed by atoms with Gasteiger partial charge in [0, 0.05) is 12.0 Å². The molecule has 0 radical (unpaired) electrons. The molecule has 0 saturated heterocycles. The third-order valence-electron chi connectivity index (χ3n) is 3.40. The van der Waals surface area contributed by atoms with Crippen molar-refractivity contribution in [3.63, 3.8) is 0 Å². The summed E-state index contributed by atoms with van der Waals surface area (Å²) in [5.41, 5.74) is 0.482. The van der Waals surface area contributed by atoms with E-state index in [1.54, 1.807) is 0 Å². The van der Waals surface area contributed by atoms with Crippen LogP contribution in [0.25, 0.3) is 0 Å². The number of rotatable bonds is 7. The highest BCUT2D eigenvalue weighted by Crippen LogP contribution is 2.23. The second kappa shape index (κ2) is 19.2. The molecule has 0 unspecified atom stereocenters. The van der Waals surface area contributed by atoms with E-state index in [9.17, 15) is 4.79 Å². The maximum Gasteiger partial charge on any atom is 0.220 e. The molecule has 2 heteroatoms. The fraction of sp³-hybridized carbons (Fsp3) is 0.958. The number of carbonyl (C=O) groups excluding carboxylic acids is 1. The molecule has 1 N–H and O–H groups in total. The summed E-state index contributed by atoms with van der Waals surface area (Å²) in [6.07, 6.45) is 5.40. The molecule has 0 aromatic carbocycles. The van der Waals surface area contributed by atoms with Crippen LogP contribution in [0.3, 0.4) is 0 Å². The normalized spacial score (nSPS) is 10.8. The summed E-state index contributed by atoms with van der Waals surface area (Å²) in [5, 5.41) is 3.04. The fourth-order valence-corrected chi connectivity index (χ4v) is 2.71. The first-order chi connectivity index (χ1) is 11.8. The molecule has 0 atom stereocenters. The Morgan fingerprint density at radius 3 is 1.50 bits per heavy atom. The largest absolute Gasteiger partial charge is 0.351 e. The molecule has 0 heterocycles. The van der Waals surface area contributed by atoms with E-state index >= 15 is 0 Å². The molecule has 0 rings (SSSR count). The predicted molar refractivity (Wildman–Crippen MR) is 123 cm³/mol. The van der Waals surface area contributed by atoms with Gasteiger partial charge in [-0.3, -0.25) is 4.79 Å². The number of amides is 1. The second-order valence-electron chi connectivity index (χ2n) is 9.23. The first-order valence-electron chi connectivity index (χ1n) is 11.1. The molecule has 0 spiro atoms. The maximum atomic E-state index is 11.2. The molecule has 0 saturated carbocycles. The Morgan fingerprint density at radius 2 is 1.27 bits per heavy atom. The van der Waals surface area contributed by atoms with Crippen LogP contribution in [-0.4, -0.2) is 11.4 Å². The zero-order valence-electron chi connectivity index (χ0n) is 21.1. The average molecular weight is 374 g/mol. The van der Waals surface area contributed by atoms with Gasteiger partial charge in [0.1, 0.15) is 0 Å². The van der Waals surface area contributed by atoms with Gasteiger partial charge in [-0.15, -0.1) is 0 Å². The Morgan fingerprint density at radius 1 is 0.846 bits per heavy atom. The van der Waals surface area contributed by atoms with E-state index in [2.05, 4.69) is 67.6 Å². The molecule has 0 bridgehead atoms. The Labute approximate surface area is 168 Å². The van der Waals surface area contributed by atoms with Crippen molar-refractivity contribution >= 4 is 5.91 Å². The highest BCUT2D eigenvalue weighted by atomic mass is 16.1. The van der Waals surface area contributed by atoms with Crippen LogP contribution in [0.1, 0.15) is 129 Å². The van der Waals surface area contributed by atoms with Gasteiger partial charge in [0.2, 0.25) is 5.91 Å². The van der Waals surface area contributed by atoms with Crippen LogP contribution in [0.15, 0.2) is 0 Å². The van der Waals surface area contributed by atoms with E-state index in [0.717, 1.165) is 18.3 Å². The summed E-state index contributed by atoms with van der Waals surface area (Å²) in [6.45, 7) is 29.9. The minimum atomic E-state index is -0.0397. The minimum Gasteiger partial charge on any atom is -0.351 e. The van der Waals surface area contributed by atoms with Crippen LogP contribution in [0.2, 0.25) is 0 Å². The van der Waals surface area contributed by atoms with Crippen molar-refractivity contribution in [1.29, 1.82) is 0 Å². The first kappa shape index (κ1) is 33.1. The average Bonchev–Trinajstić information content (AvgIpc) is 2.48. The van der Waals surface area contributed by atoms with Crippen molar-refractivity contribution in [1.82, 2.24) is 5.32 Å². The quantitative estimate of drug-likeness (QED) is 0.478. The summed E-state index contributed by atoms with van der Waals surface area (Å²) < 4.78 is 0. The molecule has 0 aliphatic rings. The van der Waals surface area contributed by atoms with Gasteiger partial charge < -0.3 is 5.32 Å². The van der Waals surface area contributed by atoms with Crippen molar-refractivity contribution < 1.29 is 4.79 Å². The van der Waals surface area contributed by atoms with Gasteiger partial charge in [0.25, 0.3) is 0 Å². The van der Waals surface area contributed by atoms with Gasteiger partial charge in [0.15, 0.2) is 0 Å². The lowest BCUT2D eigenvalue weighted by Crippen LogP contribution is -2.43. The molecule has 0 aromatic heterocycles. The van der Waals surface area contributed by atoms with Gasteiger partial charge in [0.05, 0.1) is 0 Å². The van der Waals surface area contributed by atoms with E-state index in [-0.39, 0.29) is 11.4 Å². The van der Waals surface area contributed by atoms with Crippen LogP contribution in [0.4, 0.5) is 0 Å². The number of hydrogen-bond acceptors (Lipinski definition) is 1. The van der Waals surface area contributed by atoms with Crippen molar-refractivity contribution in [2.24, 2.45) is 17.3 Å². The number of hydrogen-bond donors (Lipinski definition) is 1. The standard InChI is InChI=1S/C12H25NO.C8H18.2C2H6/c1-6-11(14)13-12(4,5)9-7-8-10(2)3;1-7(2)6-8(3,4)5;2*1-2/h10H,6-9H2,1-5H3,(H,13,14);7H,6H2,1-5H3;2*1-2H3. The lowest BCUT2D eigenvalue weighted by molar-refractivity contribution is -0.122. The summed E-state index contributed by atoms with van der Waals surface area (Å²) in [7, 11) is 0. The van der Waals surface area contributed by atoms with Gasteiger partial charge in [-0.1, -0.05) is 95.9 Å². The topological polar surface area (TPSA) is 29.1 Å². The van der Waals surface area contributed by atoms with Crippen LogP contribution in [-0.2, 0) is 4.79 Å². The van der Waals surface area contributed by atoms with Gasteiger partial charge in [-0.2, -0.15) is 0 Å². The molecular formula is C24H55NO. The minimum absolute atomic E-state index is 0.0397. The Balaban J connectivity index is -0.000000171. The zero-order chi connectivity index (χ0) is 22.0. The third-order valence-corrected chi connectivity index (χ3v) is 3.40. The first-order valence-corrected chi connectivity index (χ1v) is 11.1. The van der Waals surface area contributed by atoms with Crippen molar-refractivity contribution in [2.45, 2.75) is 135 Å². The molecule has 0 aliphatic carbocycles. The Hall–Kier alpha value is -0.530. The molecule has 26 heavy (non-hydrogen) atoms. The Bertz CT molecular complexity index is 285. The SMILES string of the molecule is CC.CC.CC(C)CC(C)(C)C.CCC(=O)NC(C)(C)CCCC(C)C. The monoisotopic (exact) mass is 373 g/mol. The molecular weight excluding hydrogens is 318 g/mol. The van der Waals surface area contributed by atoms with Gasteiger partial charge >= 0.3 is 0 Å². The van der Waals surface area contributed by atoms with E-state index in [0.29, 0.717) is 11.8 Å². The van der Waals surface area contributed by atoms with Gasteiger partial charge in [-0.25, -0.2) is 0 Å². The predicted octanol–water partition coefficient (Wildman–Crippen LogP) is 8.25. The number of carbonyl (C=O) groups is 1. The summed E-state index contributed by atoms with van der Waals surface area (Å²) >= 11 is 0. The molecule has 162 valence electrons. The van der Waals surface area contributed by atoms with Gasteiger partial charge in [-0.05, 0) is 43.9 Å². The fourth-order valence-electron chi connectivity index (χ4n) is 2.71. The molecule has 1 amide bonds.